The molecular formula is C17H25N3S. The van der Waals surface area contributed by atoms with Gasteiger partial charge in [0.25, 0.3) is 0 Å². The van der Waals surface area contributed by atoms with E-state index < -0.39 is 0 Å². The maximum absolute atomic E-state index is 4.68. The second-order valence-corrected chi connectivity index (χ2v) is 6.80. The van der Waals surface area contributed by atoms with Crippen LogP contribution in [0.4, 0.5) is 0 Å². The summed E-state index contributed by atoms with van der Waals surface area (Å²) in [5.74, 6) is 1.77. The van der Waals surface area contributed by atoms with Gasteiger partial charge in [0.2, 0.25) is 0 Å². The number of hydrogen-bond acceptors (Lipinski definition) is 3. The molecule has 0 aliphatic heterocycles. The zero-order valence-electron chi connectivity index (χ0n) is 13.0. The molecule has 1 aliphatic carbocycles. The molecular weight excluding hydrogens is 278 g/mol. The van der Waals surface area contributed by atoms with Gasteiger partial charge >= 0.3 is 0 Å². The van der Waals surface area contributed by atoms with Crippen LogP contribution in [-0.4, -0.2) is 16.1 Å². The summed E-state index contributed by atoms with van der Waals surface area (Å²) in [6.45, 7) is 6.46. The average molecular weight is 303 g/mol. The first-order valence-corrected chi connectivity index (χ1v) is 9.03. The molecule has 4 heteroatoms. The average Bonchev–Trinajstić information content (AvgIpc) is 3.16. The van der Waals surface area contributed by atoms with Crippen LogP contribution in [0.15, 0.2) is 23.8 Å². The van der Waals surface area contributed by atoms with Gasteiger partial charge in [0.1, 0.15) is 5.82 Å². The molecule has 0 saturated heterocycles. The number of hydrogen-bond donors (Lipinski definition) is 1. The number of aromatic nitrogens is 2. The number of fused-ring (bicyclic) bond motifs is 1. The molecule has 0 bridgehead atoms. The summed E-state index contributed by atoms with van der Waals surface area (Å²) in [7, 11) is 0. The molecule has 0 fully saturated rings. The fourth-order valence-corrected chi connectivity index (χ4v) is 4.45. The Labute approximate surface area is 131 Å². The van der Waals surface area contributed by atoms with Crippen molar-refractivity contribution in [1.82, 2.24) is 14.9 Å². The predicted octanol–water partition coefficient (Wildman–Crippen LogP) is 4.13. The Kier molecular flexibility index (Phi) is 4.76. The summed E-state index contributed by atoms with van der Waals surface area (Å²) >= 11 is 1.92. The molecule has 2 heterocycles. The Hall–Kier alpha value is -1.13. The highest BCUT2D eigenvalue weighted by Gasteiger charge is 2.31. The molecule has 0 radical (unpaired) electrons. The number of rotatable bonds is 6. The lowest BCUT2D eigenvalue weighted by Crippen LogP contribution is -2.31. The van der Waals surface area contributed by atoms with Crippen LogP contribution in [-0.2, 0) is 13.0 Å². The SMILES string of the molecule is CCCNC(c1nccn1CC)C1CCCc2sccc21. The largest absolute Gasteiger partial charge is 0.334 e. The van der Waals surface area contributed by atoms with E-state index in [4.69, 9.17) is 0 Å². The van der Waals surface area contributed by atoms with Gasteiger partial charge in [0.05, 0.1) is 6.04 Å². The number of aryl methyl sites for hydroxylation is 2. The van der Waals surface area contributed by atoms with Crippen LogP contribution in [0.5, 0.6) is 0 Å². The molecule has 0 saturated carbocycles. The molecule has 3 rings (SSSR count). The molecule has 21 heavy (non-hydrogen) atoms. The topological polar surface area (TPSA) is 29.9 Å². The van der Waals surface area contributed by atoms with E-state index in [1.807, 2.05) is 17.5 Å². The van der Waals surface area contributed by atoms with Crippen molar-refractivity contribution in [3.8, 4) is 0 Å². The van der Waals surface area contributed by atoms with Gasteiger partial charge in [-0.3, -0.25) is 0 Å². The maximum Gasteiger partial charge on any atom is 0.126 e. The lowest BCUT2D eigenvalue weighted by molar-refractivity contribution is 0.379. The van der Waals surface area contributed by atoms with E-state index in [2.05, 4.69) is 46.4 Å². The minimum absolute atomic E-state index is 0.341. The van der Waals surface area contributed by atoms with Crippen molar-refractivity contribution in [2.45, 2.75) is 58.0 Å². The van der Waals surface area contributed by atoms with E-state index in [9.17, 15) is 0 Å². The van der Waals surface area contributed by atoms with Crippen molar-refractivity contribution in [3.05, 3.63) is 40.1 Å². The Bertz CT molecular complexity index is 572. The van der Waals surface area contributed by atoms with Crippen molar-refractivity contribution < 1.29 is 0 Å². The Morgan fingerprint density at radius 2 is 2.38 bits per heavy atom. The lowest BCUT2D eigenvalue weighted by atomic mass is 9.82. The van der Waals surface area contributed by atoms with Gasteiger partial charge in [0.15, 0.2) is 0 Å². The summed E-state index contributed by atoms with van der Waals surface area (Å²) < 4.78 is 2.29. The van der Waals surface area contributed by atoms with E-state index >= 15 is 0 Å². The fraction of sp³-hybridized carbons (Fsp3) is 0.588. The predicted molar refractivity (Wildman–Crippen MR) is 88.9 cm³/mol. The summed E-state index contributed by atoms with van der Waals surface area (Å²) in [5.41, 5.74) is 1.56. The summed E-state index contributed by atoms with van der Waals surface area (Å²) in [6, 6.07) is 2.68. The molecule has 1 aliphatic rings. The molecule has 114 valence electrons. The third-order valence-corrected chi connectivity index (χ3v) is 5.48. The smallest absolute Gasteiger partial charge is 0.126 e. The molecule has 0 aromatic carbocycles. The molecule has 2 aromatic heterocycles. The first-order chi connectivity index (χ1) is 10.3. The Morgan fingerprint density at radius 3 is 3.19 bits per heavy atom. The number of imidazole rings is 1. The quantitative estimate of drug-likeness (QED) is 0.869. The summed E-state index contributed by atoms with van der Waals surface area (Å²) in [5, 5.41) is 6.02. The third-order valence-electron chi connectivity index (χ3n) is 4.48. The van der Waals surface area contributed by atoms with E-state index in [1.54, 1.807) is 10.4 Å². The molecule has 2 aromatic rings. The van der Waals surface area contributed by atoms with Gasteiger partial charge in [-0.2, -0.15) is 0 Å². The molecule has 0 amide bonds. The van der Waals surface area contributed by atoms with Crippen molar-refractivity contribution in [1.29, 1.82) is 0 Å². The van der Waals surface area contributed by atoms with Crippen molar-refractivity contribution >= 4 is 11.3 Å². The van der Waals surface area contributed by atoms with Gasteiger partial charge in [-0.25, -0.2) is 4.98 Å². The lowest BCUT2D eigenvalue weighted by Gasteiger charge is -2.31. The van der Waals surface area contributed by atoms with Gasteiger partial charge < -0.3 is 9.88 Å². The summed E-state index contributed by atoms with van der Waals surface area (Å²) in [4.78, 5) is 6.26. The van der Waals surface area contributed by atoms with Gasteiger partial charge in [-0.1, -0.05) is 6.92 Å². The van der Waals surface area contributed by atoms with E-state index in [-0.39, 0.29) is 0 Å². The zero-order chi connectivity index (χ0) is 14.7. The standard InChI is InChI=1S/C17H25N3S/c1-3-9-18-16(17-19-10-11-20(17)4-2)14-6-5-7-15-13(14)8-12-21-15/h8,10-12,14,16,18H,3-7,9H2,1-2H3. The molecule has 0 spiro atoms. The normalized spacial score (nSPS) is 19.4. The first kappa shape index (κ1) is 14.8. The van der Waals surface area contributed by atoms with Gasteiger partial charge in [-0.05, 0) is 56.2 Å². The van der Waals surface area contributed by atoms with Crippen molar-refractivity contribution in [2.24, 2.45) is 0 Å². The highest BCUT2D eigenvalue weighted by Crippen LogP contribution is 2.42. The van der Waals surface area contributed by atoms with Crippen molar-refractivity contribution in [2.75, 3.05) is 6.54 Å². The van der Waals surface area contributed by atoms with Crippen molar-refractivity contribution in [3.63, 3.8) is 0 Å². The Morgan fingerprint density at radius 1 is 1.48 bits per heavy atom. The molecule has 2 unspecified atom stereocenters. The van der Waals surface area contributed by atoms with E-state index in [1.165, 1.54) is 25.1 Å². The highest BCUT2D eigenvalue weighted by molar-refractivity contribution is 7.10. The summed E-state index contributed by atoms with van der Waals surface area (Å²) in [6.07, 6.45) is 9.03. The van der Waals surface area contributed by atoms with Gasteiger partial charge in [0, 0.05) is 29.7 Å². The zero-order valence-corrected chi connectivity index (χ0v) is 13.8. The first-order valence-electron chi connectivity index (χ1n) is 8.15. The molecule has 3 nitrogen and oxygen atoms in total. The van der Waals surface area contributed by atoms with E-state index in [0.717, 1.165) is 19.5 Å². The van der Waals surface area contributed by atoms with Crippen LogP contribution in [0, 0.1) is 0 Å². The minimum atomic E-state index is 0.341. The fourth-order valence-electron chi connectivity index (χ4n) is 3.45. The maximum atomic E-state index is 4.68. The van der Waals surface area contributed by atoms with E-state index in [0.29, 0.717) is 12.0 Å². The van der Waals surface area contributed by atoms with Crippen LogP contribution in [0.2, 0.25) is 0 Å². The number of thiophene rings is 1. The highest BCUT2D eigenvalue weighted by atomic mass is 32.1. The molecule has 1 N–H and O–H groups in total. The van der Waals surface area contributed by atoms with Crippen LogP contribution < -0.4 is 5.32 Å². The van der Waals surface area contributed by atoms with Crippen LogP contribution >= 0.6 is 11.3 Å². The van der Waals surface area contributed by atoms with Gasteiger partial charge in [-0.15, -0.1) is 11.3 Å². The second-order valence-electron chi connectivity index (χ2n) is 5.80. The minimum Gasteiger partial charge on any atom is -0.334 e. The van der Waals surface area contributed by atoms with Crippen LogP contribution in [0.1, 0.15) is 61.3 Å². The number of nitrogens with one attached hydrogen (secondary N) is 1. The van der Waals surface area contributed by atoms with Crippen LogP contribution in [0.25, 0.3) is 0 Å². The molecule has 2 atom stereocenters. The second kappa shape index (κ2) is 6.75. The monoisotopic (exact) mass is 303 g/mol. The number of nitrogens with zero attached hydrogens (tertiary/aromatic N) is 2. The Balaban J connectivity index is 1.94. The van der Waals surface area contributed by atoms with Crippen LogP contribution in [0.3, 0.4) is 0 Å². The third kappa shape index (κ3) is 2.92.